The van der Waals surface area contributed by atoms with Gasteiger partial charge in [-0.25, -0.2) is 4.98 Å². The first kappa shape index (κ1) is 14.5. The van der Waals surface area contributed by atoms with Crippen molar-refractivity contribution in [2.24, 2.45) is 0 Å². The average Bonchev–Trinajstić information content (AvgIpc) is 2.90. The number of pyridine rings is 2. The van der Waals surface area contributed by atoms with Gasteiger partial charge >= 0.3 is 0 Å². The predicted octanol–water partition coefficient (Wildman–Crippen LogP) is 1.97. The van der Waals surface area contributed by atoms with Crippen molar-refractivity contribution >= 4 is 27.4 Å². The quantitative estimate of drug-likeness (QED) is 0.774. The fourth-order valence-electron chi connectivity index (χ4n) is 2.47. The number of H-pyrrole nitrogens is 2. The summed E-state index contributed by atoms with van der Waals surface area (Å²) < 4.78 is 3.36. The molecule has 0 aliphatic rings. The molecule has 3 heterocycles. The van der Waals surface area contributed by atoms with E-state index >= 15 is 0 Å². The molecule has 3 aromatic heterocycles. The fourth-order valence-corrected chi connectivity index (χ4v) is 3.42. The van der Waals surface area contributed by atoms with Crippen LogP contribution in [0.25, 0.3) is 21.3 Å². The molecule has 22 heavy (non-hydrogen) atoms. The Kier molecular flexibility index (Phi) is 3.58. The van der Waals surface area contributed by atoms with Gasteiger partial charge in [-0.2, -0.15) is 0 Å². The highest BCUT2D eigenvalue weighted by atomic mass is 32.1. The zero-order valence-corrected chi connectivity index (χ0v) is 13.4. The van der Waals surface area contributed by atoms with Gasteiger partial charge in [0.2, 0.25) is 0 Å². The number of nitrogens with zero attached hydrogens (tertiary/aromatic N) is 2. The summed E-state index contributed by atoms with van der Waals surface area (Å²) in [4.78, 5) is 33.1. The minimum atomic E-state index is -0.360. The average molecular weight is 316 g/mol. The summed E-state index contributed by atoms with van der Waals surface area (Å²) in [6.07, 6.45) is 2.45. The topological polar surface area (TPSA) is 81.8 Å². The molecule has 3 rings (SSSR count). The molecule has 6 nitrogen and oxygen atoms in total. The van der Waals surface area contributed by atoms with Crippen molar-refractivity contribution in [3.8, 4) is 11.3 Å². The van der Waals surface area contributed by atoms with Crippen LogP contribution in [0.5, 0.6) is 0 Å². The van der Waals surface area contributed by atoms with Crippen molar-refractivity contribution in [3.63, 3.8) is 0 Å². The van der Waals surface area contributed by atoms with Gasteiger partial charge in [0, 0.05) is 25.9 Å². The maximum Gasteiger partial charge on any atom is 0.271 e. The normalized spacial score (nSPS) is 11.0. The van der Waals surface area contributed by atoms with E-state index in [1.807, 2.05) is 38.1 Å². The molecule has 3 aromatic rings. The summed E-state index contributed by atoms with van der Waals surface area (Å²) in [5, 5.41) is 0.212. The third kappa shape index (κ3) is 2.23. The van der Waals surface area contributed by atoms with Gasteiger partial charge in [0.1, 0.15) is 11.2 Å². The third-order valence-electron chi connectivity index (χ3n) is 3.59. The minimum Gasteiger partial charge on any atom is -0.363 e. The molecule has 0 aromatic carbocycles. The maximum absolute atomic E-state index is 12.2. The number of aromatic amines is 2. The van der Waals surface area contributed by atoms with E-state index in [9.17, 15) is 9.59 Å². The van der Waals surface area contributed by atoms with Crippen molar-refractivity contribution in [1.82, 2.24) is 14.3 Å². The van der Waals surface area contributed by atoms with Crippen LogP contribution in [0.3, 0.4) is 0 Å². The minimum absolute atomic E-state index is 0.212. The van der Waals surface area contributed by atoms with E-state index < -0.39 is 0 Å². The van der Waals surface area contributed by atoms with Crippen LogP contribution in [0.1, 0.15) is 12.5 Å². The molecule has 0 saturated carbocycles. The molecule has 2 N–H and O–H groups in total. The lowest BCUT2D eigenvalue weighted by Gasteiger charge is -2.12. The molecule has 0 saturated heterocycles. The molecule has 0 atom stereocenters. The molecule has 0 fully saturated rings. The van der Waals surface area contributed by atoms with Gasteiger partial charge in [-0.3, -0.25) is 14.0 Å². The molecular weight excluding hydrogens is 300 g/mol. The van der Waals surface area contributed by atoms with Crippen molar-refractivity contribution in [2.45, 2.75) is 13.3 Å². The lowest BCUT2D eigenvalue weighted by atomic mass is 10.0. The SMILES string of the molecule is CCc1c(-c2ccc(N(C)C)nc2)[nH]c(=O)c2c(=O)[nH]sc12. The number of hydrogen-bond donors (Lipinski definition) is 2. The molecule has 0 bridgehead atoms. The molecule has 7 heteroatoms. The summed E-state index contributed by atoms with van der Waals surface area (Å²) in [6.45, 7) is 2.00. The van der Waals surface area contributed by atoms with Gasteiger partial charge in [0.05, 0.1) is 10.4 Å². The van der Waals surface area contributed by atoms with Crippen molar-refractivity contribution in [3.05, 3.63) is 44.6 Å². The number of hydrogen-bond acceptors (Lipinski definition) is 5. The molecule has 0 spiro atoms. The predicted molar refractivity (Wildman–Crippen MR) is 90.0 cm³/mol. The fraction of sp³-hybridized carbons (Fsp3) is 0.267. The first-order chi connectivity index (χ1) is 10.5. The monoisotopic (exact) mass is 316 g/mol. The van der Waals surface area contributed by atoms with Gasteiger partial charge in [0.15, 0.2) is 0 Å². The van der Waals surface area contributed by atoms with Gasteiger partial charge in [0.25, 0.3) is 11.1 Å². The highest BCUT2D eigenvalue weighted by Crippen LogP contribution is 2.27. The van der Waals surface area contributed by atoms with Crippen LogP contribution < -0.4 is 16.0 Å². The largest absolute Gasteiger partial charge is 0.363 e. The van der Waals surface area contributed by atoms with Crippen LogP contribution in [-0.4, -0.2) is 28.4 Å². The summed E-state index contributed by atoms with van der Waals surface area (Å²) in [5.41, 5.74) is 1.83. The lowest BCUT2D eigenvalue weighted by molar-refractivity contribution is 1.06. The van der Waals surface area contributed by atoms with Gasteiger partial charge in [-0.1, -0.05) is 18.5 Å². The van der Waals surface area contributed by atoms with Gasteiger partial charge in [-0.05, 0) is 24.1 Å². The number of aromatic nitrogens is 3. The number of aryl methyl sites for hydroxylation is 1. The molecule has 0 aliphatic carbocycles. The lowest BCUT2D eigenvalue weighted by Crippen LogP contribution is -2.16. The van der Waals surface area contributed by atoms with E-state index in [4.69, 9.17) is 0 Å². The highest BCUT2D eigenvalue weighted by molar-refractivity contribution is 7.13. The number of nitrogens with one attached hydrogen (secondary N) is 2. The second-order valence-electron chi connectivity index (χ2n) is 5.20. The number of fused-ring (bicyclic) bond motifs is 1. The Morgan fingerprint density at radius 1 is 1.23 bits per heavy atom. The zero-order valence-electron chi connectivity index (χ0n) is 12.6. The van der Waals surface area contributed by atoms with Crippen molar-refractivity contribution < 1.29 is 0 Å². The highest BCUT2D eigenvalue weighted by Gasteiger charge is 2.16. The molecule has 0 amide bonds. The Labute approximate surface area is 130 Å². The summed E-state index contributed by atoms with van der Waals surface area (Å²) >= 11 is 1.21. The van der Waals surface area contributed by atoms with Crippen LogP contribution in [0, 0.1) is 0 Å². The van der Waals surface area contributed by atoms with E-state index in [-0.39, 0.29) is 16.5 Å². The molecular formula is C15H16N4O2S. The Morgan fingerprint density at radius 2 is 2.00 bits per heavy atom. The summed E-state index contributed by atoms with van der Waals surface area (Å²) in [7, 11) is 3.84. The van der Waals surface area contributed by atoms with Gasteiger partial charge < -0.3 is 9.88 Å². The first-order valence-electron chi connectivity index (χ1n) is 6.93. The second-order valence-corrected chi connectivity index (χ2v) is 6.01. The van der Waals surface area contributed by atoms with E-state index in [0.29, 0.717) is 6.42 Å². The number of rotatable bonds is 3. The maximum atomic E-state index is 12.2. The molecule has 0 aliphatic heterocycles. The van der Waals surface area contributed by atoms with Crippen LogP contribution >= 0.6 is 11.5 Å². The van der Waals surface area contributed by atoms with Crippen LogP contribution in [0.2, 0.25) is 0 Å². The van der Waals surface area contributed by atoms with Crippen molar-refractivity contribution in [1.29, 1.82) is 0 Å². The molecule has 0 radical (unpaired) electrons. The molecule has 114 valence electrons. The molecule has 0 unspecified atom stereocenters. The number of anilines is 1. The van der Waals surface area contributed by atoms with Crippen LogP contribution in [-0.2, 0) is 6.42 Å². The van der Waals surface area contributed by atoms with E-state index in [0.717, 1.165) is 27.3 Å². The Bertz CT molecular complexity index is 935. The smallest absolute Gasteiger partial charge is 0.271 e. The van der Waals surface area contributed by atoms with Crippen LogP contribution in [0.15, 0.2) is 27.9 Å². The van der Waals surface area contributed by atoms with E-state index in [1.165, 1.54) is 11.5 Å². The Morgan fingerprint density at radius 3 is 2.59 bits per heavy atom. The van der Waals surface area contributed by atoms with E-state index in [1.54, 1.807) is 6.20 Å². The Balaban J connectivity index is 2.26. The zero-order chi connectivity index (χ0) is 15.9. The second kappa shape index (κ2) is 5.42. The Hall–Kier alpha value is -2.41. The standard InChI is InChI=1S/C15H16N4O2S/c1-4-9-12(8-5-6-10(16-7-8)19(2)3)17-14(20)11-13(9)22-18-15(11)21/h5-7H,4H2,1-3H3,(H,17,20)(H,18,21). The van der Waals surface area contributed by atoms with Crippen LogP contribution in [0.4, 0.5) is 5.82 Å². The first-order valence-corrected chi connectivity index (χ1v) is 7.74. The van der Waals surface area contributed by atoms with E-state index in [2.05, 4.69) is 14.3 Å². The summed E-state index contributed by atoms with van der Waals surface area (Å²) in [5.74, 6) is 0.844. The third-order valence-corrected chi connectivity index (χ3v) is 4.53. The summed E-state index contributed by atoms with van der Waals surface area (Å²) in [6, 6.07) is 3.82. The van der Waals surface area contributed by atoms with Gasteiger partial charge in [-0.15, -0.1) is 0 Å². The van der Waals surface area contributed by atoms with Crippen molar-refractivity contribution in [2.75, 3.05) is 19.0 Å².